The topological polar surface area (TPSA) is 47.5 Å². The maximum absolute atomic E-state index is 5.73. The Balaban J connectivity index is 1.71. The third-order valence-corrected chi connectivity index (χ3v) is 3.68. The molecule has 2 aromatic rings. The van der Waals surface area contributed by atoms with E-state index in [0.717, 1.165) is 30.2 Å². The van der Waals surface area contributed by atoms with Crippen molar-refractivity contribution in [3.8, 4) is 11.5 Å². The van der Waals surface area contributed by atoms with E-state index in [0.29, 0.717) is 6.61 Å². The van der Waals surface area contributed by atoms with Gasteiger partial charge in [0.15, 0.2) is 0 Å². The molecule has 0 radical (unpaired) electrons. The van der Waals surface area contributed by atoms with Crippen molar-refractivity contribution >= 4 is 0 Å². The summed E-state index contributed by atoms with van der Waals surface area (Å²) in [6.45, 7) is 3.78. The second kappa shape index (κ2) is 8.34. The van der Waals surface area contributed by atoms with Gasteiger partial charge >= 0.3 is 0 Å². The molecule has 0 bridgehead atoms. The standard InChI is InChI=1S/C17H23N3O2/c1-14(17-9-10-18-13-19-17)20(2)11-4-12-22-16-7-5-15(21-3)6-8-16/h5-10,13-14H,4,11-12H2,1-3H3/t14-/m0/s1. The van der Waals surface area contributed by atoms with Crippen LogP contribution in [-0.4, -0.2) is 42.2 Å². The van der Waals surface area contributed by atoms with Gasteiger partial charge in [-0.15, -0.1) is 0 Å². The Morgan fingerprint density at radius 2 is 1.86 bits per heavy atom. The van der Waals surface area contributed by atoms with Crippen molar-refractivity contribution in [3.05, 3.63) is 48.5 Å². The van der Waals surface area contributed by atoms with Crippen LogP contribution in [0.1, 0.15) is 25.1 Å². The minimum atomic E-state index is 0.268. The lowest BCUT2D eigenvalue weighted by Crippen LogP contribution is -2.25. The second-order valence-electron chi connectivity index (χ2n) is 5.17. The summed E-state index contributed by atoms with van der Waals surface area (Å²) in [7, 11) is 3.75. The summed E-state index contributed by atoms with van der Waals surface area (Å²) in [6.07, 6.45) is 4.32. The van der Waals surface area contributed by atoms with Crippen molar-refractivity contribution in [2.45, 2.75) is 19.4 Å². The maximum atomic E-state index is 5.73. The van der Waals surface area contributed by atoms with E-state index in [1.54, 1.807) is 19.6 Å². The zero-order valence-electron chi connectivity index (χ0n) is 13.4. The number of aromatic nitrogens is 2. The Morgan fingerprint density at radius 3 is 2.50 bits per heavy atom. The van der Waals surface area contributed by atoms with Gasteiger partial charge in [-0.2, -0.15) is 0 Å². The number of ether oxygens (including phenoxy) is 2. The molecule has 5 nitrogen and oxygen atoms in total. The third kappa shape index (κ3) is 4.70. The highest BCUT2D eigenvalue weighted by atomic mass is 16.5. The molecule has 1 heterocycles. The van der Waals surface area contributed by atoms with Crippen molar-refractivity contribution in [2.24, 2.45) is 0 Å². The van der Waals surface area contributed by atoms with Gasteiger partial charge in [0.1, 0.15) is 17.8 Å². The summed E-state index contributed by atoms with van der Waals surface area (Å²) in [5.74, 6) is 1.71. The molecule has 2 rings (SSSR count). The number of nitrogens with zero attached hydrogens (tertiary/aromatic N) is 3. The van der Waals surface area contributed by atoms with Gasteiger partial charge in [0.2, 0.25) is 0 Å². The molecular weight excluding hydrogens is 278 g/mol. The number of rotatable bonds is 8. The average Bonchev–Trinajstić information content (AvgIpc) is 2.59. The lowest BCUT2D eigenvalue weighted by Gasteiger charge is -2.23. The van der Waals surface area contributed by atoms with Crippen LogP contribution in [0.5, 0.6) is 11.5 Å². The molecule has 0 N–H and O–H groups in total. The number of hydrogen-bond donors (Lipinski definition) is 0. The Bertz CT molecular complexity index is 546. The van der Waals surface area contributed by atoms with E-state index in [1.807, 2.05) is 30.3 Å². The van der Waals surface area contributed by atoms with Gasteiger partial charge in [-0.3, -0.25) is 4.90 Å². The Kier molecular flexibility index (Phi) is 6.15. The van der Waals surface area contributed by atoms with Gasteiger partial charge < -0.3 is 9.47 Å². The predicted octanol–water partition coefficient (Wildman–Crippen LogP) is 2.95. The van der Waals surface area contributed by atoms with E-state index in [1.165, 1.54) is 0 Å². The van der Waals surface area contributed by atoms with Crippen molar-refractivity contribution in [3.63, 3.8) is 0 Å². The molecule has 0 saturated heterocycles. The summed E-state index contributed by atoms with van der Waals surface area (Å²) < 4.78 is 10.9. The molecule has 1 aromatic carbocycles. The highest BCUT2D eigenvalue weighted by Crippen LogP contribution is 2.18. The molecule has 1 aromatic heterocycles. The molecule has 0 aliphatic heterocycles. The van der Waals surface area contributed by atoms with Crippen molar-refractivity contribution in [1.29, 1.82) is 0 Å². The Morgan fingerprint density at radius 1 is 1.14 bits per heavy atom. The minimum absolute atomic E-state index is 0.268. The minimum Gasteiger partial charge on any atom is -0.497 e. The first-order valence-corrected chi connectivity index (χ1v) is 7.43. The maximum Gasteiger partial charge on any atom is 0.119 e. The molecule has 5 heteroatoms. The van der Waals surface area contributed by atoms with E-state index in [2.05, 4.69) is 28.8 Å². The smallest absolute Gasteiger partial charge is 0.119 e. The normalized spacial score (nSPS) is 12.2. The lowest BCUT2D eigenvalue weighted by atomic mass is 10.2. The average molecular weight is 301 g/mol. The zero-order chi connectivity index (χ0) is 15.8. The van der Waals surface area contributed by atoms with E-state index < -0.39 is 0 Å². The number of hydrogen-bond acceptors (Lipinski definition) is 5. The summed E-state index contributed by atoms with van der Waals surface area (Å²) in [6, 6.07) is 9.87. The van der Waals surface area contributed by atoms with Gasteiger partial charge in [0, 0.05) is 18.8 Å². The van der Waals surface area contributed by atoms with Crippen LogP contribution in [-0.2, 0) is 0 Å². The Hall–Kier alpha value is -2.14. The molecule has 0 unspecified atom stereocenters. The van der Waals surface area contributed by atoms with Gasteiger partial charge in [0.05, 0.1) is 19.4 Å². The van der Waals surface area contributed by atoms with Crippen molar-refractivity contribution in [2.75, 3.05) is 27.3 Å². The van der Waals surface area contributed by atoms with Crippen molar-refractivity contribution in [1.82, 2.24) is 14.9 Å². The van der Waals surface area contributed by atoms with Gasteiger partial charge in [0.25, 0.3) is 0 Å². The first kappa shape index (κ1) is 16.2. The highest BCUT2D eigenvalue weighted by molar-refractivity contribution is 5.31. The summed E-state index contributed by atoms with van der Waals surface area (Å²) in [5, 5.41) is 0. The summed E-state index contributed by atoms with van der Waals surface area (Å²) >= 11 is 0. The Labute approximate surface area is 131 Å². The quantitative estimate of drug-likeness (QED) is 0.702. The fourth-order valence-corrected chi connectivity index (χ4v) is 2.14. The van der Waals surface area contributed by atoms with E-state index in [-0.39, 0.29) is 6.04 Å². The SMILES string of the molecule is COc1ccc(OCCCN(C)[C@@H](C)c2ccncn2)cc1. The fraction of sp³-hybridized carbons (Fsp3) is 0.412. The van der Waals surface area contributed by atoms with Crippen LogP contribution in [0.15, 0.2) is 42.9 Å². The van der Waals surface area contributed by atoms with Crippen LogP contribution in [0, 0.1) is 0 Å². The summed E-state index contributed by atoms with van der Waals surface area (Å²) in [5.41, 5.74) is 1.04. The molecule has 1 atom stereocenters. The van der Waals surface area contributed by atoms with Gasteiger partial charge in [-0.1, -0.05) is 0 Å². The van der Waals surface area contributed by atoms with Crippen LogP contribution in [0.2, 0.25) is 0 Å². The van der Waals surface area contributed by atoms with E-state index in [9.17, 15) is 0 Å². The highest BCUT2D eigenvalue weighted by Gasteiger charge is 2.12. The molecule has 118 valence electrons. The molecule has 0 spiro atoms. The van der Waals surface area contributed by atoms with Crippen LogP contribution in [0.3, 0.4) is 0 Å². The zero-order valence-corrected chi connectivity index (χ0v) is 13.4. The first-order chi connectivity index (χ1) is 10.7. The molecule has 0 saturated carbocycles. The molecule has 0 aliphatic carbocycles. The molecule has 0 aliphatic rings. The largest absolute Gasteiger partial charge is 0.497 e. The van der Waals surface area contributed by atoms with Crippen molar-refractivity contribution < 1.29 is 9.47 Å². The van der Waals surface area contributed by atoms with E-state index >= 15 is 0 Å². The van der Waals surface area contributed by atoms with Crippen LogP contribution in [0.25, 0.3) is 0 Å². The first-order valence-electron chi connectivity index (χ1n) is 7.43. The molecule has 22 heavy (non-hydrogen) atoms. The van der Waals surface area contributed by atoms with E-state index in [4.69, 9.17) is 9.47 Å². The lowest BCUT2D eigenvalue weighted by molar-refractivity contribution is 0.223. The monoisotopic (exact) mass is 301 g/mol. The molecule has 0 amide bonds. The van der Waals surface area contributed by atoms with Crippen LogP contribution < -0.4 is 9.47 Å². The van der Waals surface area contributed by atoms with Gasteiger partial charge in [-0.05, 0) is 50.7 Å². The van der Waals surface area contributed by atoms with Crippen LogP contribution in [0.4, 0.5) is 0 Å². The third-order valence-electron chi connectivity index (χ3n) is 3.68. The predicted molar refractivity (Wildman–Crippen MR) is 86.2 cm³/mol. The number of methoxy groups -OCH3 is 1. The van der Waals surface area contributed by atoms with Crippen LogP contribution >= 0.6 is 0 Å². The molecular formula is C17H23N3O2. The number of benzene rings is 1. The summed E-state index contributed by atoms with van der Waals surface area (Å²) in [4.78, 5) is 10.5. The molecule has 0 fully saturated rings. The second-order valence-corrected chi connectivity index (χ2v) is 5.17. The van der Waals surface area contributed by atoms with Gasteiger partial charge in [-0.25, -0.2) is 9.97 Å². The fourth-order valence-electron chi connectivity index (χ4n) is 2.14.